The van der Waals surface area contributed by atoms with Gasteiger partial charge in [0.1, 0.15) is 6.33 Å². The molecule has 0 aliphatic rings. The molecule has 2 N–H and O–H groups in total. The van der Waals surface area contributed by atoms with Crippen molar-refractivity contribution in [3.05, 3.63) is 17.8 Å². The zero-order valence-corrected chi connectivity index (χ0v) is 11.2. The number of unbranched alkanes of at least 4 members (excludes halogenated alkanes) is 3. The van der Waals surface area contributed by atoms with Crippen LogP contribution in [0, 0.1) is 5.82 Å². The van der Waals surface area contributed by atoms with Crippen LogP contribution < -0.4 is 5.32 Å². The van der Waals surface area contributed by atoms with E-state index in [9.17, 15) is 9.18 Å². The largest absolute Gasteiger partial charge is 0.481 e. The smallest absolute Gasteiger partial charge is 0.303 e. The molecule has 0 spiro atoms. The maximum absolute atomic E-state index is 13.7. The van der Waals surface area contributed by atoms with E-state index in [-0.39, 0.29) is 18.1 Å². The lowest BCUT2D eigenvalue weighted by Gasteiger charge is -2.07. The van der Waals surface area contributed by atoms with Crippen LogP contribution in [0.2, 0.25) is 0 Å². The van der Waals surface area contributed by atoms with Gasteiger partial charge in [-0.25, -0.2) is 14.4 Å². The predicted molar refractivity (Wildman–Crippen MR) is 70.6 cm³/mol. The van der Waals surface area contributed by atoms with Crippen LogP contribution in [0.1, 0.15) is 44.7 Å². The van der Waals surface area contributed by atoms with Crippen molar-refractivity contribution in [2.75, 3.05) is 11.9 Å². The molecule has 5 nitrogen and oxygen atoms in total. The molecule has 0 saturated heterocycles. The first-order valence-corrected chi connectivity index (χ1v) is 6.60. The van der Waals surface area contributed by atoms with Gasteiger partial charge in [0.2, 0.25) is 0 Å². The van der Waals surface area contributed by atoms with Crippen molar-refractivity contribution in [1.82, 2.24) is 9.97 Å². The van der Waals surface area contributed by atoms with Gasteiger partial charge in [-0.05, 0) is 19.3 Å². The standard InChI is InChI=1S/C13H20FN3O2/c1-2-10-12(14)13(17-9-16-10)15-8-6-4-3-5-7-11(18)19/h9H,2-8H2,1H3,(H,18,19)(H,15,16,17). The third kappa shape index (κ3) is 5.63. The first kappa shape index (κ1) is 15.3. The molecule has 0 saturated carbocycles. The average molecular weight is 269 g/mol. The summed E-state index contributed by atoms with van der Waals surface area (Å²) in [7, 11) is 0. The third-order valence-electron chi connectivity index (χ3n) is 2.81. The second-order valence-electron chi connectivity index (χ2n) is 4.32. The summed E-state index contributed by atoms with van der Waals surface area (Å²) in [6.45, 7) is 2.47. The molecule has 0 aliphatic heterocycles. The highest BCUT2D eigenvalue weighted by Gasteiger charge is 2.08. The Morgan fingerprint density at radius 3 is 2.74 bits per heavy atom. The predicted octanol–water partition coefficient (Wildman–Crippen LogP) is 2.63. The van der Waals surface area contributed by atoms with Crippen LogP contribution in [0.4, 0.5) is 10.2 Å². The highest BCUT2D eigenvalue weighted by Crippen LogP contribution is 2.13. The number of hydrogen-bond donors (Lipinski definition) is 2. The van der Waals surface area contributed by atoms with Crippen LogP contribution in [0.25, 0.3) is 0 Å². The van der Waals surface area contributed by atoms with Gasteiger partial charge in [0, 0.05) is 13.0 Å². The van der Waals surface area contributed by atoms with Crippen molar-refractivity contribution in [3.63, 3.8) is 0 Å². The molecule has 1 aromatic heterocycles. The van der Waals surface area contributed by atoms with E-state index in [1.165, 1.54) is 6.33 Å². The number of anilines is 1. The third-order valence-corrected chi connectivity index (χ3v) is 2.81. The lowest BCUT2D eigenvalue weighted by molar-refractivity contribution is -0.137. The van der Waals surface area contributed by atoms with E-state index in [0.717, 1.165) is 19.3 Å². The number of carboxylic acids is 1. The minimum Gasteiger partial charge on any atom is -0.481 e. The topological polar surface area (TPSA) is 75.1 Å². The fraction of sp³-hybridized carbons (Fsp3) is 0.615. The summed E-state index contributed by atoms with van der Waals surface area (Å²) in [6.07, 6.45) is 5.47. The summed E-state index contributed by atoms with van der Waals surface area (Å²) in [5.41, 5.74) is 0.416. The maximum atomic E-state index is 13.7. The van der Waals surface area contributed by atoms with Crippen LogP contribution in [0.3, 0.4) is 0 Å². The van der Waals surface area contributed by atoms with Crippen LogP contribution in [-0.2, 0) is 11.2 Å². The zero-order valence-electron chi connectivity index (χ0n) is 11.2. The van der Waals surface area contributed by atoms with Crippen molar-refractivity contribution in [3.8, 4) is 0 Å². The van der Waals surface area contributed by atoms with E-state index >= 15 is 0 Å². The molecule has 0 aliphatic carbocycles. The normalized spacial score (nSPS) is 10.4. The number of carboxylic acid groups (broad SMARTS) is 1. The molecule has 0 aromatic carbocycles. The van der Waals surface area contributed by atoms with Crippen LogP contribution in [0.15, 0.2) is 6.33 Å². The van der Waals surface area contributed by atoms with E-state index in [1.807, 2.05) is 6.92 Å². The van der Waals surface area contributed by atoms with Crippen molar-refractivity contribution in [2.45, 2.75) is 45.4 Å². The minimum atomic E-state index is -0.756. The van der Waals surface area contributed by atoms with Crippen molar-refractivity contribution in [2.24, 2.45) is 0 Å². The van der Waals surface area contributed by atoms with E-state index in [2.05, 4.69) is 15.3 Å². The first-order valence-electron chi connectivity index (χ1n) is 6.60. The highest BCUT2D eigenvalue weighted by atomic mass is 19.1. The first-order chi connectivity index (χ1) is 9.15. The summed E-state index contributed by atoms with van der Waals surface area (Å²) in [5.74, 6) is -0.887. The molecule has 0 fully saturated rings. The van der Waals surface area contributed by atoms with Crippen LogP contribution >= 0.6 is 0 Å². The Morgan fingerprint density at radius 2 is 2.05 bits per heavy atom. The Balaban J connectivity index is 2.21. The maximum Gasteiger partial charge on any atom is 0.303 e. The summed E-state index contributed by atoms with van der Waals surface area (Å²) < 4.78 is 13.7. The summed E-state index contributed by atoms with van der Waals surface area (Å²) in [5, 5.41) is 11.4. The molecule has 0 bridgehead atoms. The number of aryl methyl sites for hydroxylation is 1. The SMILES string of the molecule is CCc1ncnc(NCCCCCCC(=O)O)c1F. The number of aliphatic carboxylic acids is 1. The molecular weight excluding hydrogens is 249 g/mol. The molecule has 0 amide bonds. The molecule has 0 unspecified atom stereocenters. The number of nitrogens with zero attached hydrogens (tertiary/aromatic N) is 2. The van der Waals surface area contributed by atoms with E-state index in [4.69, 9.17) is 5.11 Å². The monoisotopic (exact) mass is 269 g/mol. The molecular formula is C13H20FN3O2. The second-order valence-corrected chi connectivity index (χ2v) is 4.32. The average Bonchev–Trinajstić information content (AvgIpc) is 2.39. The molecule has 6 heteroatoms. The van der Waals surface area contributed by atoms with Gasteiger partial charge in [-0.15, -0.1) is 0 Å². The van der Waals surface area contributed by atoms with Crippen LogP contribution in [-0.4, -0.2) is 27.6 Å². The number of hydrogen-bond acceptors (Lipinski definition) is 4. The van der Waals surface area contributed by atoms with Crippen molar-refractivity contribution in [1.29, 1.82) is 0 Å². The zero-order chi connectivity index (χ0) is 14.1. The molecule has 1 rings (SSSR count). The summed E-state index contributed by atoms with van der Waals surface area (Å²) in [4.78, 5) is 18.0. The van der Waals surface area contributed by atoms with Gasteiger partial charge in [0.15, 0.2) is 11.6 Å². The Hall–Kier alpha value is -1.72. The van der Waals surface area contributed by atoms with Gasteiger partial charge in [-0.3, -0.25) is 4.79 Å². The van der Waals surface area contributed by atoms with Crippen molar-refractivity contribution < 1.29 is 14.3 Å². The number of halogens is 1. The Kier molecular flexibility index (Phi) is 6.78. The number of rotatable bonds is 9. The van der Waals surface area contributed by atoms with Gasteiger partial charge in [0.25, 0.3) is 0 Å². The van der Waals surface area contributed by atoms with Gasteiger partial charge in [0.05, 0.1) is 5.69 Å². The number of nitrogens with one attached hydrogen (secondary N) is 1. The van der Waals surface area contributed by atoms with Gasteiger partial charge < -0.3 is 10.4 Å². The van der Waals surface area contributed by atoms with Gasteiger partial charge >= 0.3 is 5.97 Å². The lowest BCUT2D eigenvalue weighted by atomic mass is 10.1. The Labute approximate surface area is 112 Å². The molecule has 1 heterocycles. The van der Waals surface area contributed by atoms with E-state index < -0.39 is 5.97 Å². The second kappa shape index (κ2) is 8.39. The van der Waals surface area contributed by atoms with Gasteiger partial charge in [-0.1, -0.05) is 19.8 Å². The number of aromatic nitrogens is 2. The van der Waals surface area contributed by atoms with Gasteiger partial charge in [-0.2, -0.15) is 0 Å². The van der Waals surface area contributed by atoms with E-state index in [0.29, 0.717) is 25.1 Å². The van der Waals surface area contributed by atoms with E-state index in [1.54, 1.807) is 0 Å². The fourth-order valence-corrected chi connectivity index (χ4v) is 1.74. The summed E-state index contributed by atoms with van der Waals surface area (Å²) >= 11 is 0. The summed E-state index contributed by atoms with van der Waals surface area (Å²) in [6, 6.07) is 0. The van der Waals surface area contributed by atoms with Crippen LogP contribution in [0.5, 0.6) is 0 Å². The van der Waals surface area contributed by atoms with Crippen molar-refractivity contribution >= 4 is 11.8 Å². The lowest BCUT2D eigenvalue weighted by Crippen LogP contribution is -2.08. The number of carbonyl (C=O) groups is 1. The Bertz CT molecular complexity index is 413. The quantitative estimate of drug-likeness (QED) is 0.674. The molecule has 0 radical (unpaired) electrons. The minimum absolute atomic E-state index is 0.216. The molecule has 0 atom stereocenters. The highest BCUT2D eigenvalue weighted by molar-refractivity contribution is 5.66. The molecule has 1 aromatic rings. The fourth-order valence-electron chi connectivity index (χ4n) is 1.74. The molecule has 106 valence electrons. The molecule has 19 heavy (non-hydrogen) atoms. The Morgan fingerprint density at radius 1 is 1.32 bits per heavy atom.